The zero-order valence-corrected chi connectivity index (χ0v) is 20.5. The van der Waals surface area contributed by atoms with Crippen LogP contribution in [0.5, 0.6) is 0 Å². The van der Waals surface area contributed by atoms with Gasteiger partial charge in [0, 0.05) is 42.8 Å². The van der Waals surface area contributed by atoms with E-state index in [4.69, 9.17) is 0 Å². The summed E-state index contributed by atoms with van der Waals surface area (Å²) in [5, 5.41) is 4.32. The van der Waals surface area contributed by atoms with E-state index in [1.807, 2.05) is 19.2 Å². The summed E-state index contributed by atoms with van der Waals surface area (Å²) in [6.45, 7) is 0.746. The normalized spacial score (nSPS) is 18.1. The van der Waals surface area contributed by atoms with E-state index in [1.165, 1.54) is 18.0 Å². The maximum Gasteiger partial charge on any atom is 0.393 e. The molecule has 1 saturated carbocycles. The number of thiophene rings is 1. The molecule has 4 aromatic rings. The summed E-state index contributed by atoms with van der Waals surface area (Å²) in [6, 6.07) is 13.8. The van der Waals surface area contributed by atoms with Crippen LogP contribution >= 0.6 is 11.3 Å². The fourth-order valence-corrected chi connectivity index (χ4v) is 5.81. The number of fused-ring (bicyclic) bond motifs is 1. The van der Waals surface area contributed by atoms with Crippen LogP contribution in [-0.4, -0.2) is 40.3 Å². The molecule has 0 spiro atoms. The van der Waals surface area contributed by atoms with Crippen LogP contribution < -0.4 is 15.8 Å². The van der Waals surface area contributed by atoms with Gasteiger partial charge in [0.25, 0.3) is 0 Å². The Morgan fingerprint density at radius 2 is 1.89 bits per heavy atom. The van der Waals surface area contributed by atoms with Crippen molar-refractivity contribution in [2.45, 2.75) is 50.5 Å². The van der Waals surface area contributed by atoms with Crippen LogP contribution in [0.3, 0.4) is 0 Å². The Bertz CT molecular complexity index is 1380. The molecule has 2 N–H and O–H groups in total. The topological polar surface area (TPSA) is 73.9 Å². The number of halogens is 3. The number of anilines is 1. The average Bonchev–Trinajstić information content (AvgIpc) is 3.48. The van der Waals surface area contributed by atoms with E-state index in [9.17, 15) is 18.0 Å². The largest absolute Gasteiger partial charge is 0.393 e. The van der Waals surface area contributed by atoms with Crippen molar-refractivity contribution in [2.24, 2.45) is 0 Å². The van der Waals surface area contributed by atoms with Gasteiger partial charge in [-0.1, -0.05) is 24.3 Å². The Morgan fingerprint density at radius 1 is 1.11 bits per heavy atom. The number of aromatic amines is 1. The first-order valence-electron chi connectivity index (χ1n) is 11.8. The summed E-state index contributed by atoms with van der Waals surface area (Å²) < 4.78 is 38.6. The highest BCUT2D eigenvalue weighted by molar-refractivity contribution is 7.18. The molecule has 5 rings (SSSR count). The minimum Gasteiger partial charge on any atom is -0.356 e. The van der Waals surface area contributed by atoms with Crippen molar-refractivity contribution in [3.8, 4) is 11.1 Å². The third-order valence-corrected chi connectivity index (χ3v) is 7.73. The van der Waals surface area contributed by atoms with Gasteiger partial charge in [0.1, 0.15) is 17.0 Å². The van der Waals surface area contributed by atoms with Crippen molar-refractivity contribution in [2.75, 3.05) is 11.9 Å². The van der Waals surface area contributed by atoms with Crippen LogP contribution in [0.4, 0.5) is 19.0 Å². The van der Waals surface area contributed by atoms with Gasteiger partial charge >= 0.3 is 6.18 Å². The minimum absolute atomic E-state index is 0.120. The molecule has 1 fully saturated rings. The van der Waals surface area contributed by atoms with Crippen molar-refractivity contribution in [3.63, 3.8) is 0 Å². The summed E-state index contributed by atoms with van der Waals surface area (Å²) in [6.07, 6.45) is 0.876. The van der Waals surface area contributed by atoms with Crippen molar-refractivity contribution in [1.29, 1.82) is 0 Å². The molecule has 3 heterocycles. The molecule has 3 aromatic heterocycles. The number of alkyl halides is 3. The van der Waals surface area contributed by atoms with E-state index in [2.05, 4.69) is 37.3 Å². The number of aromatic nitrogens is 3. The van der Waals surface area contributed by atoms with E-state index in [-0.39, 0.29) is 16.5 Å². The lowest BCUT2D eigenvalue weighted by molar-refractivity contribution is -0.126. The first-order chi connectivity index (χ1) is 17.2. The molecule has 36 heavy (non-hydrogen) atoms. The zero-order valence-electron chi connectivity index (χ0n) is 19.7. The van der Waals surface area contributed by atoms with Crippen molar-refractivity contribution >= 4 is 27.4 Å². The molecule has 10 heteroatoms. The predicted octanol–water partition coefficient (Wildman–Crippen LogP) is 5.30. The van der Waals surface area contributed by atoms with E-state index in [0.717, 1.165) is 48.3 Å². The number of rotatable bonds is 7. The van der Waals surface area contributed by atoms with Crippen molar-refractivity contribution in [3.05, 3.63) is 75.8 Å². The van der Waals surface area contributed by atoms with Crippen LogP contribution in [0.15, 0.2) is 59.8 Å². The predicted molar refractivity (Wildman–Crippen MR) is 136 cm³/mol. The number of benzene rings is 1. The molecular weight excluding hydrogens is 487 g/mol. The molecule has 1 aliphatic rings. The SMILES string of the molecule is CN(c1ncnc2sc(CC(F)(F)F)cc12)[C@@H]1CC[C@H](NCc2ccc(-c3ccc(=O)[nH]c3)cc2)C1. The lowest BCUT2D eigenvalue weighted by atomic mass is 10.1. The van der Waals surface area contributed by atoms with Crippen molar-refractivity contribution < 1.29 is 13.2 Å². The fraction of sp³-hybridized carbons (Fsp3) is 0.346. The highest BCUT2D eigenvalue weighted by atomic mass is 32.1. The number of H-pyrrole nitrogens is 1. The third-order valence-electron chi connectivity index (χ3n) is 6.69. The second-order valence-corrected chi connectivity index (χ2v) is 10.3. The lowest BCUT2D eigenvalue weighted by Crippen LogP contribution is -2.33. The van der Waals surface area contributed by atoms with Gasteiger partial charge in [-0.3, -0.25) is 4.79 Å². The zero-order chi connectivity index (χ0) is 25.3. The smallest absolute Gasteiger partial charge is 0.356 e. The van der Waals surface area contributed by atoms with Gasteiger partial charge in [-0.15, -0.1) is 11.3 Å². The van der Waals surface area contributed by atoms with Gasteiger partial charge < -0.3 is 15.2 Å². The van der Waals surface area contributed by atoms with Crippen molar-refractivity contribution in [1.82, 2.24) is 20.3 Å². The molecule has 1 aliphatic carbocycles. The van der Waals surface area contributed by atoms with Crippen LogP contribution in [0, 0.1) is 0 Å². The number of pyridine rings is 1. The lowest BCUT2D eigenvalue weighted by Gasteiger charge is -2.26. The molecular formula is C26H26F3N5OS. The summed E-state index contributed by atoms with van der Waals surface area (Å²) in [4.78, 5) is 25.5. The quantitative estimate of drug-likeness (QED) is 0.351. The van der Waals surface area contributed by atoms with E-state index < -0.39 is 12.6 Å². The number of hydrogen-bond donors (Lipinski definition) is 2. The molecule has 0 saturated heterocycles. The van der Waals surface area contributed by atoms with Gasteiger partial charge in [0.2, 0.25) is 5.56 Å². The molecule has 0 radical (unpaired) electrons. The Hall–Kier alpha value is -3.24. The van der Waals surface area contributed by atoms with Crippen LogP contribution in [0.2, 0.25) is 0 Å². The number of nitrogens with zero attached hydrogens (tertiary/aromatic N) is 3. The highest BCUT2D eigenvalue weighted by Gasteiger charge is 2.31. The monoisotopic (exact) mass is 513 g/mol. The van der Waals surface area contributed by atoms with Gasteiger partial charge in [-0.25, -0.2) is 9.97 Å². The van der Waals surface area contributed by atoms with Crippen LogP contribution in [-0.2, 0) is 13.0 Å². The van der Waals surface area contributed by atoms with Crippen LogP contribution in [0.1, 0.15) is 29.7 Å². The molecule has 2 atom stereocenters. The van der Waals surface area contributed by atoms with Gasteiger partial charge in [0.15, 0.2) is 0 Å². The second-order valence-electron chi connectivity index (χ2n) is 9.21. The first-order valence-corrected chi connectivity index (χ1v) is 12.6. The van der Waals surface area contributed by atoms with Crippen LogP contribution in [0.25, 0.3) is 21.3 Å². The molecule has 0 amide bonds. The number of nitrogens with one attached hydrogen (secondary N) is 2. The van der Waals surface area contributed by atoms with Gasteiger partial charge in [0.05, 0.1) is 11.8 Å². The Labute approximate surface area is 210 Å². The number of hydrogen-bond acceptors (Lipinski definition) is 6. The molecule has 0 unspecified atom stereocenters. The van der Waals surface area contributed by atoms with E-state index >= 15 is 0 Å². The Kier molecular flexibility index (Phi) is 6.81. The maximum atomic E-state index is 12.9. The second kappa shape index (κ2) is 10.0. The summed E-state index contributed by atoms with van der Waals surface area (Å²) in [5.41, 5.74) is 3.06. The first kappa shape index (κ1) is 24.5. The summed E-state index contributed by atoms with van der Waals surface area (Å²) in [7, 11) is 1.96. The average molecular weight is 514 g/mol. The van der Waals surface area contributed by atoms with Gasteiger partial charge in [-0.05, 0) is 48.1 Å². The standard InChI is InChI=1S/C26H26F3N5OS/c1-34(24-22-11-21(12-26(27,28)29)36-25(22)33-15-32-24)20-8-7-19(10-20)30-13-16-2-4-17(5-3-16)18-6-9-23(35)31-14-18/h2-6,9,11,14-15,19-20,30H,7-8,10,12-13H2,1H3,(H,31,35)/t19-,20+/m0/s1. The third kappa shape index (κ3) is 5.60. The highest BCUT2D eigenvalue weighted by Crippen LogP contribution is 2.35. The molecule has 6 nitrogen and oxygen atoms in total. The Balaban J connectivity index is 1.20. The maximum absolute atomic E-state index is 12.9. The summed E-state index contributed by atoms with van der Waals surface area (Å²) >= 11 is 1.08. The summed E-state index contributed by atoms with van der Waals surface area (Å²) in [5.74, 6) is 0.688. The molecule has 0 bridgehead atoms. The molecule has 0 aliphatic heterocycles. The van der Waals surface area contributed by atoms with E-state index in [1.54, 1.807) is 18.3 Å². The minimum atomic E-state index is -4.24. The van der Waals surface area contributed by atoms with E-state index in [0.29, 0.717) is 22.1 Å². The molecule has 1 aromatic carbocycles. The van der Waals surface area contributed by atoms with Gasteiger partial charge in [-0.2, -0.15) is 13.2 Å². The fourth-order valence-electron chi connectivity index (χ4n) is 4.79. The molecule has 188 valence electrons. The Morgan fingerprint density at radius 3 is 2.61 bits per heavy atom.